The van der Waals surface area contributed by atoms with Crippen LogP contribution in [0.2, 0.25) is 5.02 Å². The maximum Gasteiger partial charge on any atom is 0.0511 e. The van der Waals surface area contributed by atoms with Gasteiger partial charge in [0.25, 0.3) is 0 Å². The van der Waals surface area contributed by atoms with Crippen LogP contribution in [0.5, 0.6) is 0 Å². The zero-order valence-corrected chi connectivity index (χ0v) is 6.52. The van der Waals surface area contributed by atoms with Crippen molar-refractivity contribution in [2.75, 3.05) is 0 Å². The summed E-state index contributed by atoms with van der Waals surface area (Å²) in [6.07, 6.45) is 3.37. The predicted molar refractivity (Wildman–Crippen MR) is 44.0 cm³/mol. The number of hydrogen-bond acceptors (Lipinski definition) is 1. The van der Waals surface area contributed by atoms with Crippen LogP contribution < -0.4 is 0 Å². The van der Waals surface area contributed by atoms with Gasteiger partial charge >= 0.3 is 0 Å². The Morgan fingerprint density at radius 1 is 1.70 bits per heavy atom. The smallest absolute Gasteiger partial charge is 0.0511 e. The second-order valence-corrected chi connectivity index (χ2v) is 2.54. The van der Waals surface area contributed by atoms with Gasteiger partial charge in [0.15, 0.2) is 0 Å². The van der Waals surface area contributed by atoms with Crippen molar-refractivity contribution in [1.82, 2.24) is 4.98 Å². The number of pyridine rings is 1. The number of allylic oxidation sites excluding steroid dienone is 1. The quantitative estimate of drug-likeness (QED) is 0.605. The van der Waals surface area contributed by atoms with Gasteiger partial charge in [-0.25, -0.2) is 0 Å². The summed E-state index contributed by atoms with van der Waals surface area (Å²) in [6, 6.07) is 1.76. The fourth-order valence-electron chi connectivity index (χ4n) is 0.692. The molecule has 0 unspecified atom stereocenters. The second-order valence-electron chi connectivity index (χ2n) is 2.14. The van der Waals surface area contributed by atoms with Gasteiger partial charge in [-0.05, 0) is 18.6 Å². The summed E-state index contributed by atoms with van der Waals surface area (Å²) >= 11 is 5.82. The largest absolute Gasteiger partial charge is 0.264 e. The fraction of sp³-hybridized carbons (Fsp3) is 0.125. The molecule has 0 aliphatic carbocycles. The minimum atomic E-state index is 0.711. The Kier molecular flexibility index (Phi) is 2.07. The summed E-state index contributed by atoms with van der Waals surface area (Å²) < 4.78 is 0. The SMILES string of the molecule is C=C(C)c1cnccc1Cl. The molecule has 1 aromatic heterocycles. The Balaban J connectivity index is 3.15. The van der Waals surface area contributed by atoms with E-state index in [0.29, 0.717) is 5.02 Å². The van der Waals surface area contributed by atoms with Crippen LogP contribution in [0.25, 0.3) is 5.57 Å². The molecule has 0 spiro atoms. The minimum Gasteiger partial charge on any atom is -0.264 e. The van der Waals surface area contributed by atoms with Gasteiger partial charge in [-0.15, -0.1) is 0 Å². The zero-order valence-electron chi connectivity index (χ0n) is 5.76. The van der Waals surface area contributed by atoms with Crippen LogP contribution in [0.15, 0.2) is 25.0 Å². The summed E-state index contributed by atoms with van der Waals surface area (Å²) in [5.74, 6) is 0. The van der Waals surface area contributed by atoms with Crippen LogP contribution in [0.4, 0.5) is 0 Å². The van der Waals surface area contributed by atoms with Crippen molar-refractivity contribution in [2.24, 2.45) is 0 Å². The molecular formula is C8H8ClN. The van der Waals surface area contributed by atoms with Gasteiger partial charge in [0.1, 0.15) is 0 Å². The molecule has 0 radical (unpaired) electrons. The van der Waals surface area contributed by atoms with Gasteiger partial charge in [0, 0.05) is 18.0 Å². The highest BCUT2D eigenvalue weighted by atomic mass is 35.5. The number of halogens is 1. The van der Waals surface area contributed by atoms with E-state index < -0.39 is 0 Å². The van der Waals surface area contributed by atoms with E-state index in [4.69, 9.17) is 11.6 Å². The molecule has 1 rings (SSSR count). The maximum absolute atomic E-state index is 5.82. The molecule has 0 fully saturated rings. The summed E-state index contributed by atoms with van der Waals surface area (Å²) in [5.41, 5.74) is 1.86. The molecule has 0 aliphatic rings. The summed E-state index contributed by atoms with van der Waals surface area (Å²) in [6.45, 7) is 5.67. The molecule has 2 heteroatoms. The van der Waals surface area contributed by atoms with Crippen molar-refractivity contribution < 1.29 is 0 Å². The molecule has 0 saturated carbocycles. The highest BCUT2D eigenvalue weighted by Gasteiger charge is 1.97. The van der Waals surface area contributed by atoms with E-state index in [1.807, 2.05) is 6.92 Å². The van der Waals surface area contributed by atoms with Gasteiger partial charge in [-0.2, -0.15) is 0 Å². The molecule has 52 valence electrons. The van der Waals surface area contributed by atoms with Gasteiger partial charge in [0.05, 0.1) is 5.02 Å². The predicted octanol–water partition coefficient (Wildman–Crippen LogP) is 2.77. The van der Waals surface area contributed by atoms with Gasteiger partial charge in [0.2, 0.25) is 0 Å². The second kappa shape index (κ2) is 2.84. The molecule has 0 aromatic carbocycles. The zero-order chi connectivity index (χ0) is 7.56. The molecule has 0 atom stereocenters. The molecule has 1 aromatic rings. The molecule has 0 N–H and O–H groups in total. The minimum absolute atomic E-state index is 0.711. The van der Waals surface area contributed by atoms with Crippen LogP contribution >= 0.6 is 11.6 Å². The first kappa shape index (κ1) is 7.29. The lowest BCUT2D eigenvalue weighted by Gasteiger charge is -1.99. The molecule has 1 nitrogen and oxygen atoms in total. The lowest BCUT2D eigenvalue weighted by atomic mass is 10.2. The van der Waals surface area contributed by atoms with E-state index in [0.717, 1.165) is 11.1 Å². The summed E-state index contributed by atoms with van der Waals surface area (Å²) in [4.78, 5) is 3.92. The van der Waals surface area contributed by atoms with Gasteiger partial charge < -0.3 is 0 Å². The van der Waals surface area contributed by atoms with Crippen molar-refractivity contribution in [1.29, 1.82) is 0 Å². The number of aromatic nitrogens is 1. The van der Waals surface area contributed by atoms with E-state index in [9.17, 15) is 0 Å². The molecule has 0 amide bonds. The third-order valence-corrected chi connectivity index (χ3v) is 1.56. The Hall–Kier alpha value is -0.820. The Morgan fingerprint density at radius 3 is 2.80 bits per heavy atom. The summed E-state index contributed by atoms with van der Waals surface area (Å²) in [5, 5.41) is 0.711. The lowest BCUT2D eigenvalue weighted by Crippen LogP contribution is -1.80. The van der Waals surface area contributed by atoms with Crippen LogP contribution in [0.1, 0.15) is 12.5 Å². The van der Waals surface area contributed by atoms with E-state index in [1.54, 1.807) is 18.5 Å². The highest BCUT2D eigenvalue weighted by molar-refractivity contribution is 6.32. The number of rotatable bonds is 1. The Labute approximate surface area is 65.4 Å². The first-order chi connectivity index (χ1) is 4.72. The monoisotopic (exact) mass is 153 g/mol. The Bertz CT molecular complexity index is 255. The van der Waals surface area contributed by atoms with Gasteiger partial charge in [-0.3, -0.25) is 4.98 Å². The average molecular weight is 154 g/mol. The fourth-order valence-corrected chi connectivity index (χ4v) is 0.958. The van der Waals surface area contributed by atoms with E-state index >= 15 is 0 Å². The molecule has 0 aliphatic heterocycles. The average Bonchev–Trinajstić information content (AvgIpc) is 1.88. The summed E-state index contributed by atoms with van der Waals surface area (Å²) in [7, 11) is 0. The lowest BCUT2D eigenvalue weighted by molar-refractivity contribution is 1.31. The van der Waals surface area contributed by atoms with Crippen molar-refractivity contribution >= 4 is 17.2 Å². The molecule has 0 bridgehead atoms. The van der Waals surface area contributed by atoms with Crippen molar-refractivity contribution in [3.8, 4) is 0 Å². The number of hydrogen-bond donors (Lipinski definition) is 0. The van der Waals surface area contributed by atoms with E-state index in [1.165, 1.54) is 0 Å². The number of nitrogens with zero attached hydrogens (tertiary/aromatic N) is 1. The molecular weight excluding hydrogens is 146 g/mol. The first-order valence-electron chi connectivity index (χ1n) is 2.97. The highest BCUT2D eigenvalue weighted by Crippen LogP contribution is 2.19. The Morgan fingerprint density at radius 2 is 2.40 bits per heavy atom. The maximum atomic E-state index is 5.82. The third-order valence-electron chi connectivity index (χ3n) is 1.23. The van der Waals surface area contributed by atoms with E-state index in [-0.39, 0.29) is 0 Å². The molecule has 1 heterocycles. The van der Waals surface area contributed by atoms with Crippen molar-refractivity contribution in [3.63, 3.8) is 0 Å². The van der Waals surface area contributed by atoms with E-state index in [2.05, 4.69) is 11.6 Å². The van der Waals surface area contributed by atoms with Crippen LogP contribution in [0, 0.1) is 0 Å². The van der Waals surface area contributed by atoms with Gasteiger partial charge in [-0.1, -0.05) is 18.2 Å². The molecule has 10 heavy (non-hydrogen) atoms. The van der Waals surface area contributed by atoms with Crippen LogP contribution in [0.3, 0.4) is 0 Å². The normalized spacial score (nSPS) is 9.40. The molecule has 0 saturated heterocycles. The van der Waals surface area contributed by atoms with Crippen LogP contribution in [-0.4, -0.2) is 4.98 Å². The van der Waals surface area contributed by atoms with Crippen molar-refractivity contribution in [3.05, 3.63) is 35.6 Å². The van der Waals surface area contributed by atoms with Crippen molar-refractivity contribution in [2.45, 2.75) is 6.92 Å². The first-order valence-corrected chi connectivity index (χ1v) is 3.35. The topological polar surface area (TPSA) is 12.9 Å². The standard InChI is InChI=1S/C8H8ClN/c1-6(2)7-5-10-4-3-8(7)9/h3-5H,1H2,2H3. The third kappa shape index (κ3) is 1.36. The van der Waals surface area contributed by atoms with Crippen LogP contribution in [-0.2, 0) is 0 Å².